The average molecular weight is 241 g/mol. The highest BCUT2D eigenvalue weighted by Gasteiger charge is 2.24. The molecule has 0 bridgehead atoms. The molecule has 1 unspecified atom stereocenters. The van der Waals surface area contributed by atoms with Gasteiger partial charge in [-0.25, -0.2) is 10.8 Å². The van der Waals surface area contributed by atoms with Crippen LogP contribution in [-0.2, 0) is 0 Å². The zero-order valence-corrected chi connectivity index (χ0v) is 9.93. The molecule has 17 heavy (non-hydrogen) atoms. The number of nitrogens with two attached hydrogens (primary N) is 1. The molecule has 0 saturated heterocycles. The van der Waals surface area contributed by atoms with Gasteiger partial charge in [0.05, 0.1) is 11.0 Å². The van der Waals surface area contributed by atoms with Gasteiger partial charge in [0.1, 0.15) is 5.69 Å². The van der Waals surface area contributed by atoms with E-state index < -0.39 is 4.92 Å². The third kappa shape index (κ3) is 3.00. The number of hydrogen-bond acceptors (Lipinski definition) is 7. The SMILES string of the molecule is CCC(C)Oc1nc(NN)nc(C)c1[N+](=O)[O-]. The molecule has 1 atom stereocenters. The van der Waals surface area contributed by atoms with Gasteiger partial charge in [-0.1, -0.05) is 6.92 Å². The quantitative estimate of drug-likeness (QED) is 0.451. The van der Waals surface area contributed by atoms with Crippen molar-refractivity contribution in [3.8, 4) is 5.88 Å². The van der Waals surface area contributed by atoms with Gasteiger partial charge in [-0.3, -0.25) is 15.5 Å². The third-order valence-electron chi connectivity index (χ3n) is 2.23. The first-order valence-electron chi connectivity index (χ1n) is 5.15. The Hall–Kier alpha value is -1.96. The van der Waals surface area contributed by atoms with E-state index in [1.165, 1.54) is 6.92 Å². The van der Waals surface area contributed by atoms with E-state index >= 15 is 0 Å². The van der Waals surface area contributed by atoms with Crippen molar-refractivity contribution < 1.29 is 9.66 Å². The third-order valence-corrected chi connectivity index (χ3v) is 2.23. The summed E-state index contributed by atoms with van der Waals surface area (Å²) in [4.78, 5) is 18.0. The number of nitrogens with zero attached hydrogens (tertiary/aromatic N) is 3. The van der Waals surface area contributed by atoms with E-state index in [1.54, 1.807) is 6.92 Å². The molecular formula is C9H15N5O3. The van der Waals surface area contributed by atoms with Gasteiger partial charge in [-0.15, -0.1) is 0 Å². The van der Waals surface area contributed by atoms with E-state index in [9.17, 15) is 10.1 Å². The fraction of sp³-hybridized carbons (Fsp3) is 0.556. The van der Waals surface area contributed by atoms with Gasteiger partial charge >= 0.3 is 5.69 Å². The van der Waals surface area contributed by atoms with Crippen LogP contribution in [0.3, 0.4) is 0 Å². The first kappa shape index (κ1) is 13.1. The Morgan fingerprint density at radius 1 is 1.59 bits per heavy atom. The molecule has 0 aliphatic heterocycles. The molecule has 0 saturated carbocycles. The molecule has 0 aromatic carbocycles. The molecule has 1 aromatic rings. The molecule has 0 fully saturated rings. The van der Waals surface area contributed by atoms with E-state index in [4.69, 9.17) is 10.6 Å². The number of nitrogen functional groups attached to an aromatic ring is 1. The Morgan fingerprint density at radius 2 is 2.24 bits per heavy atom. The van der Waals surface area contributed by atoms with Gasteiger partial charge in [-0.05, 0) is 20.3 Å². The minimum atomic E-state index is -0.562. The van der Waals surface area contributed by atoms with E-state index in [0.29, 0.717) is 6.42 Å². The van der Waals surface area contributed by atoms with Crippen molar-refractivity contribution in [3.63, 3.8) is 0 Å². The monoisotopic (exact) mass is 241 g/mol. The number of nitrogens with one attached hydrogen (secondary N) is 1. The number of nitro groups is 1. The maximum atomic E-state index is 10.9. The van der Waals surface area contributed by atoms with Crippen molar-refractivity contribution in [2.75, 3.05) is 5.43 Å². The summed E-state index contributed by atoms with van der Waals surface area (Å²) in [6.07, 6.45) is 0.541. The smallest absolute Gasteiger partial charge is 0.352 e. The van der Waals surface area contributed by atoms with Crippen molar-refractivity contribution in [1.82, 2.24) is 9.97 Å². The average Bonchev–Trinajstić information content (AvgIpc) is 2.27. The molecule has 0 radical (unpaired) electrons. The summed E-state index contributed by atoms with van der Waals surface area (Å²) in [7, 11) is 0. The minimum absolute atomic E-state index is 0.0650. The fourth-order valence-electron chi connectivity index (χ4n) is 1.17. The number of aromatic nitrogens is 2. The van der Waals surface area contributed by atoms with Crippen LogP contribution in [0.25, 0.3) is 0 Å². The maximum absolute atomic E-state index is 10.9. The summed E-state index contributed by atoms with van der Waals surface area (Å²) in [5.74, 6) is 5.20. The molecule has 1 aromatic heterocycles. The van der Waals surface area contributed by atoms with E-state index in [0.717, 1.165) is 0 Å². The lowest BCUT2D eigenvalue weighted by molar-refractivity contribution is -0.387. The second-order valence-electron chi connectivity index (χ2n) is 3.52. The van der Waals surface area contributed by atoms with Crippen LogP contribution in [0, 0.1) is 17.0 Å². The van der Waals surface area contributed by atoms with Gasteiger partial charge in [0.15, 0.2) is 0 Å². The highest BCUT2D eigenvalue weighted by Crippen LogP contribution is 2.29. The summed E-state index contributed by atoms with van der Waals surface area (Å²) in [5, 5.41) is 10.9. The van der Waals surface area contributed by atoms with Crippen LogP contribution in [0.2, 0.25) is 0 Å². The topological polar surface area (TPSA) is 116 Å². The molecule has 8 nitrogen and oxygen atoms in total. The van der Waals surface area contributed by atoms with Gasteiger partial charge in [0.2, 0.25) is 5.95 Å². The largest absolute Gasteiger partial charge is 0.470 e. The molecule has 0 amide bonds. The highest BCUT2D eigenvalue weighted by atomic mass is 16.6. The Kier molecular flexibility index (Phi) is 4.16. The van der Waals surface area contributed by atoms with Crippen molar-refractivity contribution in [3.05, 3.63) is 15.8 Å². The summed E-state index contributed by atoms with van der Waals surface area (Å²) in [6.45, 7) is 5.22. The van der Waals surface area contributed by atoms with Crippen LogP contribution < -0.4 is 16.0 Å². The molecule has 0 aliphatic carbocycles. The van der Waals surface area contributed by atoms with Crippen molar-refractivity contribution in [2.45, 2.75) is 33.3 Å². The molecule has 94 valence electrons. The highest BCUT2D eigenvalue weighted by molar-refractivity contribution is 5.48. The molecule has 0 spiro atoms. The number of hydrazine groups is 1. The molecule has 1 rings (SSSR count). The number of hydrogen-bond donors (Lipinski definition) is 2. The van der Waals surface area contributed by atoms with Crippen LogP contribution >= 0.6 is 0 Å². The maximum Gasteiger partial charge on any atom is 0.352 e. The molecule has 3 N–H and O–H groups in total. The van der Waals surface area contributed by atoms with Crippen LogP contribution in [0.5, 0.6) is 5.88 Å². The first-order valence-corrected chi connectivity index (χ1v) is 5.15. The lowest BCUT2D eigenvalue weighted by Gasteiger charge is -2.12. The summed E-state index contributed by atoms with van der Waals surface area (Å²) in [6, 6.07) is 0. The second kappa shape index (κ2) is 5.39. The van der Waals surface area contributed by atoms with Crippen molar-refractivity contribution in [1.29, 1.82) is 0 Å². The summed E-state index contributed by atoms with van der Waals surface area (Å²) in [5.41, 5.74) is 2.21. The number of aryl methyl sites for hydroxylation is 1. The lowest BCUT2D eigenvalue weighted by atomic mass is 10.3. The number of anilines is 1. The molecule has 8 heteroatoms. The summed E-state index contributed by atoms with van der Waals surface area (Å²) < 4.78 is 5.39. The lowest BCUT2D eigenvalue weighted by Crippen LogP contribution is -2.16. The standard InChI is InChI=1S/C9H15N5O3/c1-4-5(2)17-8-7(14(15)16)6(3)11-9(12-8)13-10/h5H,4,10H2,1-3H3,(H,11,12,13). The molecular weight excluding hydrogens is 226 g/mol. The van der Waals surface area contributed by atoms with Crippen molar-refractivity contribution in [2.24, 2.45) is 5.84 Å². The Labute approximate surface area is 98.3 Å². The van der Waals surface area contributed by atoms with Crippen LogP contribution in [0.15, 0.2) is 0 Å². The van der Waals surface area contributed by atoms with Crippen LogP contribution in [0.4, 0.5) is 11.6 Å². The molecule has 0 aliphatic rings. The van der Waals surface area contributed by atoms with Gasteiger partial charge < -0.3 is 4.74 Å². The van der Waals surface area contributed by atoms with Gasteiger partial charge in [0.25, 0.3) is 5.88 Å². The Balaban J connectivity index is 3.22. The zero-order chi connectivity index (χ0) is 13.0. The Morgan fingerprint density at radius 3 is 2.71 bits per heavy atom. The normalized spacial score (nSPS) is 12.0. The first-order chi connectivity index (χ1) is 7.99. The van der Waals surface area contributed by atoms with E-state index in [-0.39, 0.29) is 29.3 Å². The van der Waals surface area contributed by atoms with Gasteiger partial charge in [-0.2, -0.15) is 4.98 Å². The van der Waals surface area contributed by atoms with Crippen LogP contribution in [0.1, 0.15) is 26.0 Å². The molecule has 1 heterocycles. The predicted molar refractivity (Wildman–Crippen MR) is 61.6 cm³/mol. The second-order valence-corrected chi connectivity index (χ2v) is 3.52. The van der Waals surface area contributed by atoms with E-state index in [2.05, 4.69) is 15.4 Å². The fourth-order valence-corrected chi connectivity index (χ4v) is 1.17. The predicted octanol–water partition coefficient (Wildman–Crippen LogP) is 1.16. The van der Waals surface area contributed by atoms with Crippen molar-refractivity contribution >= 4 is 11.6 Å². The van der Waals surface area contributed by atoms with Gasteiger partial charge in [0, 0.05) is 0 Å². The number of rotatable bonds is 5. The van der Waals surface area contributed by atoms with Crippen LogP contribution in [-0.4, -0.2) is 21.0 Å². The Bertz CT molecular complexity index is 423. The van der Waals surface area contributed by atoms with E-state index in [1.807, 2.05) is 6.92 Å². The zero-order valence-electron chi connectivity index (χ0n) is 9.93. The summed E-state index contributed by atoms with van der Waals surface area (Å²) >= 11 is 0. The number of ether oxygens (including phenoxy) is 1. The minimum Gasteiger partial charge on any atom is -0.470 e.